The number of carbonyl (C=O) groups is 1. The van der Waals surface area contributed by atoms with Crippen LogP contribution in [0.25, 0.3) is 16.9 Å². The molecule has 0 saturated carbocycles. The molecule has 1 N–H and O–H groups in total. The summed E-state index contributed by atoms with van der Waals surface area (Å²) in [5, 5.41) is 7.94. The summed E-state index contributed by atoms with van der Waals surface area (Å²) in [5.74, 6) is 0.677. The highest BCUT2D eigenvalue weighted by atomic mass is 16.5. The number of likely N-dealkylation sites (tertiary alicyclic amines) is 1. The van der Waals surface area contributed by atoms with Gasteiger partial charge >= 0.3 is 0 Å². The summed E-state index contributed by atoms with van der Waals surface area (Å²) in [7, 11) is 1.67. The molecule has 2 aromatic heterocycles. The first-order valence-electron chi connectivity index (χ1n) is 11.9. The van der Waals surface area contributed by atoms with Crippen LogP contribution in [0, 0.1) is 0 Å². The number of hydrogen-bond acceptors (Lipinski definition) is 5. The molecule has 7 nitrogen and oxygen atoms in total. The normalized spacial score (nSPS) is 14.5. The Morgan fingerprint density at radius 1 is 1.03 bits per heavy atom. The Bertz CT molecular complexity index is 1250. The molecule has 0 aliphatic carbocycles. The largest absolute Gasteiger partial charge is 0.497 e. The van der Waals surface area contributed by atoms with Crippen LogP contribution >= 0.6 is 0 Å². The smallest absolute Gasteiger partial charge is 0.255 e. The lowest BCUT2D eigenvalue weighted by atomic mass is 10.0. The van der Waals surface area contributed by atoms with Crippen molar-refractivity contribution in [3.63, 3.8) is 0 Å². The highest BCUT2D eigenvalue weighted by molar-refractivity contribution is 5.99. The van der Waals surface area contributed by atoms with Crippen LogP contribution < -0.4 is 10.1 Å². The molecule has 0 radical (unpaired) electrons. The average molecular weight is 468 g/mol. The van der Waals surface area contributed by atoms with E-state index < -0.39 is 0 Å². The van der Waals surface area contributed by atoms with Crippen molar-refractivity contribution in [1.29, 1.82) is 0 Å². The summed E-state index contributed by atoms with van der Waals surface area (Å²) in [5.41, 5.74) is 4.00. The molecule has 1 fully saturated rings. The summed E-state index contributed by atoms with van der Waals surface area (Å²) in [6, 6.07) is 21.8. The number of ether oxygens (including phenoxy) is 1. The van der Waals surface area contributed by atoms with Gasteiger partial charge in [-0.1, -0.05) is 30.3 Å². The lowest BCUT2D eigenvalue weighted by Crippen LogP contribution is -2.36. The Balaban J connectivity index is 1.42. The third-order valence-corrected chi connectivity index (χ3v) is 6.45. The first kappa shape index (κ1) is 22.8. The molecular weight excluding hydrogens is 438 g/mol. The van der Waals surface area contributed by atoms with Crippen molar-refractivity contribution < 1.29 is 9.53 Å². The summed E-state index contributed by atoms with van der Waals surface area (Å²) >= 11 is 0. The molecule has 2 aromatic carbocycles. The molecule has 1 unspecified atom stereocenters. The summed E-state index contributed by atoms with van der Waals surface area (Å²) in [6.07, 6.45) is 7.60. The molecule has 178 valence electrons. The number of carbonyl (C=O) groups excluding carboxylic acids is 1. The molecular formula is C28H29N5O2. The molecule has 1 saturated heterocycles. The predicted octanol–water partition coefficient (Wildman–Crippen LogP) is 4.51. The quantitative estimate of drug-likeness (QED) is 0.413. The van der Waals surface area contributed by atoms with Crippen molar-refractivity contribution in [1.82, 2.24) is 25.0 Å². The summed E-state index contributed by atoms with van der Waals surface area (Å²) < 4.78 is 7.08. The maximum atomic E-state index is 13.5. The van der Waals surface area contributed by atoms with E-state index in [0.717, 1.165) is 30.1 Å². The van der Waals surface area contributed by atoms with Crippen LogP contribution in [-0.4, -0.2) is 52.3 Å². The fraction of sp³-hybridized carbons (Fsp3) is 0.250. The molecule has 1 aliphatic heterocycles. The number of pyridine rings is 1. The van der Waals surface area contributed by atoms with Crippen molar-refractivity contribution in [2.24, 2.45) is 0 Å². The van der Waals surface area contributed by atoms with Crippen molar-refractivity contribution in [3.05, 3.63) is 96.4 Å². The van der Waals surface area contributed by atoms with E-state index in [1.54, 1.807) is 30.4 Å². The Hall–Kier alpha value is -3.97. The van der Waals surface area contributed by atoms with E-state index in [0.29, 0.717) is 17.8 Å². The minimum atomic E-state index is -0.149. The molecule has 3 heterocycles. The maximum absolute atomic E-state index is 13.5. The molecule has 0 bridgehead atoms. The van der Waals surface area contributed by atoms with Gasteiger partial charge in [-0.15, -0.1) is 0 Å². The highest BCUT2D eigenvalue weighted by Crippen LogP contribution is 2.27. The fourth-order valence-corrected chi connectivity index (χ4v) is 4.59. The number of methoxy groups -OCH3 is 1. The molecule has 4 aromatic rings. The van der Waals surface area contributed by atoms with Gasteiger partial charge in [-0.05, 0) is 67.9 Å². The zero-order valence-electron chi connectivity index (χ0n) is 19.8. The highest BCUT2D eigenvalue weighted by Gasteiger charge is 2.25. The van der Waals surface area contributed by atoms with Gasteiger partial charge in [0.05, 0.1) is 24.4 Å². The second-order valence-electron chi connectivity index (χ2n) is 8.66. The van der Waals surface area contributed by atoms with Crippen LogP contribution in [0.15, 0.2) is 85.3 Å². The second kappa shape index (κ2) is 10.5. The van der Waals surface area contributed by atoms with Gasteiger partial charge in [0.1, 0.15) is 11.4 Å². The molecule has 1 atom stereocenters. The van der Waals surface area contributed by atoms with Gasteiger partial charge in [0.2, 0.25) is 0 Å². The van der Waals surface area contributed by atoms with E-state index in [9.17, 15) is 4.79 Å². The third kappa shape index (κ3) is 5.10. The van der Waals surface area contributed by atoms with Gasteiger partial charge in [-0.25, -0.2) is 4.68 Å². The first-order chi connectivity index (χ1) is 17.2. The lowest BCUT2D eigenvalue weighted by molar-refractivity contribution is 0.0938. The van der Waals surface area contributed by atoms with Crippen LogP contribution in [0.3, 0.4) is 0 Å². The maximum Gasteiger partial charge on any atom is 0.255 e. The van der Waals surface area contributed by atoms with E-state index in [-0.39, 0.29) is 11.9 Å². The Kier molecular flexibility index (Phi) is 6.86. The first-order valence-corrected chi connectivity index (χ1v) is 11.9. The fourth-order valence-electron chi connectivity index (χ4n) is 4.59. The van der Waals surface area contributed by atoms with Crippen molar-refractivity contribution in [2.75, 3.05) is 26.7 Å². The van der Waals surface area contributed by atoms with Gasteiger partial charge in [-0.3, -0.25) is 14.7 Å². The van der Waals surface area contributed by atoms with E-state index in [4.69, 9.17) is 9.84 Å². The number of hydrogen-bond donors (Lipinski definition) is 1. The standard InChI is InChI=1S/C28H29N5O2/c1-35-24-13-11-21(12-14-24)26(32-16-5-6-17-32)19-30-28(34)25-20-33(23-9-3-2-4-10-23)31-27(25)22-8-7-15-29-18-22/h2-4,7-15,18,20,26H,5-6,16-17,19H2,1H3,(H,30,34). The van der Waals surface area contributed by atoms with E-state index >= 15 is 0 Å². The molecule has 7 heteroatoms. The van der Waals surface area contributed by atoms with E-state index in [1.165, 1.54) is 18.4 Å². The monoisotopic (exact) mass is 467 g/mol. The Labute approximate surface area is 205 Å². The predicted molar refractivity (Wildman–Crippen MR) is 136 cm³/mol. The number of benzene rings is 2. The number of para-hydroxylation sites is 1. The molecule has 1 amide bonds. The van der Waals surface area contributed by atoms with Gasteiger partial charge in [-0.2, -0.15) is 5.10 Å². The van der Waals surface area contributed by atoms with Crippen LogP contribution in [0.5, 0.6) is 5.75 Å². The van der Waals surface area contributed by atoms with E-state index in [2.05, 4.69) is 27.3 Å². The van der Waals surface area contributed by atoms with Gasteiger partial charge < -0.3 is 10.1 Å². The van der Waals surface area contributed by atoms with Crippen LogP contribution in [0.1, 0.15) is 34.8 Å². The Morgan fingerprint density at radius 3 is 2.49 bits per heavy atom. The number of aromatic nitrogens is 3. The number of nitrogens with zero attached hydrogens (tertiary/aromatic N) is 4. The SMILES string of the molecule is COc1ccc(C(CNC(=O)c2cn(-c3ccccc3)nc2-c2cccnc2)N2CCCC2)cc1. The summed E-state index contributed by atoms with van der Waals surface area (Å²) in [6.45, 7) is 2.56. The molecule has 5 rings (SSSR count). The molecule has 0 spiro atoms. The third-order valence-electron chi connectivity index (χ3n) is 6.45. The van der Waals surface area contributed by atoms with Crippen LogP contribution in [0.2, 0.25) is 0 Å². The number of rotatable bonds is 8. The van der Waals surface area contributed by atoms with Gasteiger partial charge in [0.15, 0.2) is 0 Å². The van der Waals surface area contributed by atoms with E-state index in [1.807, 2.05) is 54.6 Å². The molecule has 1 aliphatic rings. The Morgan fingerprint density at radius 2 is 1.80 bits per heavy atom. The number of amides is 1. The number of nitrogens with one attached hydrogen (secondary N) is 1. The van der Waals surface area contributed by atoms with Crippen LogP contribution in [-0.2, 0) is 0 Å². The summed E-state index contributed by atoms with van der Waals surface area (Å²) in [4.78, 5) is 20.2. The van der Waals surface area contributed by atoms with Crippen molar-refractivity contribution in [3.8, 4) is 22.7 Å². The minimum absolute atomic E-state index is 0.0957. The topological polar surface area (TPSA) is 72.3 Å². The van der Waals surface area contributed by atoms with Gasteiger partial charge in [0.25, 0.3) is 5.91 Å². The molecule has 35 heavy (non-hydrogen) atoms. The average Bonchev–Trinajstić information content (AvgIpc) is 3.61. The lowest BCUT2D eigenvalue weighted by Gasteiger charge is -2.28. The van der Waals surface area contributed by atoms with Crippen molar-refractivity contribution in [2.45, 2.75) is 18.9 Å². The van der Waals surface area contributed by atoms with Gasteiger partial charge in [0, 0.05) is 30.7 Å². The minimum Gasteiger partial charge on any atom is -0.497 e. The van der Waals surface area contributed by atoms with Crippen LogP contribution in [0.4, 0.5) is 0 Å². The zero-order valence-corrected chi connectivity index (χ0v) is 19.8. The van der Waals surface area contributed by atoms with Crippen molar-refractivity contribution >= 4 is 5.91 Å². The zero-order chi connectivity index (χ0) is 24.0. The second-order valence-corrected chi connectivity index (χ2v) is 8.66.